The van der Waals surface area contributed by atoms with Gasteiger partial charge in [0.2, 0.25) is 15.9 Å². The van der Waals surface area contributed by atoms with Gasteiger partial charge >= 0.3 is 6.18 Å². The number of rotatable bonds is 11. The number of halogens is 10. The fraction of sp³-hybridized carbons (Fsp3) is 0.317. The highest BCUT2D eigenvalue weighted by molar-refractivity contribution is 7.92. The molecule has 3 atom stereocenters. The number of hydrogen-bond donors (Lipinski definition) is 2. The van der Waals surface area contributed by atoms with Crippen molar-refractivity contribution in [3.05, 3.63) is 111 Å². The lowest BCUT2D eigenvalue weighted by Crippen LogP contribution is -2.51. The van der Waals surface area contributed by atoms with Gasteiger partial charge in [0.25, 0.3) is 12.3 Å². The zero-order chi connectivity index (χ0) is 46.7. The molecule has 0 bridgehead atoms. The SMILES string of the molecule is Cc1nc(-c2ccc3c(c2)N=C([C@H](Cc2cc(F)cc(F)c2)NC(=O)Cn2nc(C(F)F)c4c2C(F)(F)[C@@H]2C[C@H]42)N(c2ccc(Cl)c4c(NS(C)(=O)=O)nn(C)c24)C3)cc(C(F)(F)F)n1. The first-order chi connectivity index (χ1) is 30.5. The summed E-state index contributed by atoms with van der Waals surface area (Å²) < 4.78 is 159. The number of aliphatic imine (C=N–C) groups is 1. The molecule has 6 aromatic rings. The second-order valence-corrected chi connectivity index (χ2v) is 18.2. The highest BCUT2D eigenvalue weighted by atomic mass is 35.5. The standard InChI is InChI=1S/C41H32ClF9N10O3S/c1-17-52-27(14-30(53-17)41(49,50)51)19-4-5-20-15-60(29-7-6-25(42)33-35(29)59(2)57-38(33)58-65(3,63)64)39(55-26(20)11-19)28(10-18-8-21(43)12-22(44)9-18)54-31(62)16-61-36-32(34(56-61)37(45)46)23-13-24(23)40(36,47)48/h4-9,11-12,14,23-24,28,37H,10,13,15-16H2,1-3H3,(H,54,62)(H,57,58)/t23-,24+,28-/m0/s1. The number of fused-ring (bicyclic) bond motifs is 5. The number of nitrogens with zero attached hydrogens (tertiary/aromatic N) is 8. The summed E-state index contributed by atoms with van der Waals surface area (Å²) in [4.78, 5) is 28.3. The van der Waals surface area contributed by atoms with Crippen LogP contribution in [-0.4, -0.2) is 62.0 Å². The third kappa shape index (κ3) is 8.12. The largest absolute Gasteiger partial charge is 0.433 e. The molecule has 24 heteroatoms. The van der Waals surface area contributed by atoms with Crippen molar-refractivity contribution in [2.24, 2.45) is 18.0 Å². The van der Waals surface area contributed by atoms with Gasteiger partial charge in [0.05, 0.1) is 51.8 Å². The summed E-state index contributed by atoms with van der Waals surface area (Å²) in [6.07, 6.45) is -7.60. The van der Waals surface area contributed by atoms with Crippen LogP contribution in [0.25, 0.3) is 22.2 Å². The number of aryl methyl sites for hydroxylation is 2. The van der Waals surface area contributed by atoms with E-state index < -0.39 is 94.0 Å². The number of benzene rings is 3. The number of amides is 1. The Morgan fingerprint density at radius 3 is 2.42 bits per heavy atom. The Balaban J connectivity index is 1.20. The number of anilines is 2. The molecule has 1 saturated carbocycles. The Labute approximate surface area is 367 Å². The van der Waals surface area contributed by atoms with Gasteiger partial charge in [0.15, 0.2) is 5.82 Å². The number of alkyl halides is 7. The topological polar surface area (TPSA) is 152 Å². The summed E-state index contributed by atoms with van der Waals surface area (Å²) in [5, 5.41) is 11.0. The van der Waals surface area contributed by atoms with Crippen molar-refractivity contribution < 1.29 is 52.7 Å². The zero-order valence-electron chi connectivity index (χ0n) is 33.8. The molecular weight excluding hydrogens is 919 g/mol. The van der Waals surface area contributed by atoms with Crippen LogP contribution in [0.15, 0.2) is 59.6 Å². The molecule has 65 heavy (non-hydrogen) atoms. The number of sulfonamides is 1. The van der Waals surface area contributed by atoms with E-state index in [2.05, 4.69) is 30.2 Å². The van der Waals surface area contributed by atoms with Crippen molar-refractivity contribution in [3.63, 3.8) is 0 Å². The van der Waals surface area contributed by atoms with Gasteiger partial charge in [-0.25, -0.2) is 40.9 Å². The molecule has 1 aliphatic heterocycles. The van der Waals surface area contributed by atoms with Crippen LogP contribution in [0, 0.1) is 24.5 Å². The van der Waals surface area contributed by atoms with Crippen LogP contribution in [0.5, 0.6) is 0 Å². The van der Waals surface area contributed by atoms with Gasteiger partial charge in [-0.2, -0.15) is 32.1 Å². The average molecular weight is 951 g/mol. The summed E-state index contributed by atoms with van der Waals surface area (Å²) in [5.74, 6) is -9.10. The second kappa shape index (κ2) is 15.5. The van der Waals surface area contributed by atoms with Gasteiger partial charge in [-0.3, -0.25) is 18.9 Å². The van der Waals surface area contributed by atoms with E-state index >= 15 is 8.78 Å². The van der Waals surface area contributed by atoms with Crippen molar-refractivity contribution in [3.8, 4) is 11.3 Å². The highest BCUT2D eigenvalue weighted by Crippen LogP contribution is 2.68. The molecular formula is C41H32ClF9N10O3S. The predicted molar refractivity (Wildman–Crippen MR) is 219 cm³/mol. The molecule has 2 N–H and O–H groups in total. The van der Waals surface area contributed by atoms with Crippen LogP contribution >= 0.6 is 11.6 Å². The Hall–Kier alpha value is -6.23. The molecule has 0 saturated heterocycles. The number of nitrogens with one attached hydrogen (secondary N) is 2. The third-order valence-electron chi connectivity index (χ3n) is 11.3. The molecule has 1 fully saturated rings. The van der Waals surface area contributed by atoms with E-state index in [1.54, 1.807) is 11.0 Å². The molecule has 4 heterocycles. The van der Waals surface area contributed by atoms with Crippen LogP contribution in [-0.2, 0) is 53.5 Å². The third-order valence-corrected chi connectivity index (χ3v) is 12.2. The lowest BCUT2D eigenvalue weighted by Gasteiger charge is -2.36. The fourth-order valence-corrected chi connectivity index (χ4v) is 9.42. The minimum atomic E-state index is -4.82. The van der Waals surface area contributed by atoms with E-state index in [1.165, 1.54) is 42.9 Å². The fourth-order valence-electron chi connectivity index (χ4n) is 8.68. The smallest absolute Gasteiger partial charge is 0.344 e. The van der Waals surface area contributed by atoms with Crippen LogP contribution in [0.2, 0.25) is 5.02 Å². The number of carbonyl (C=O) groups excluding carboxylic acids is 1. The molecule has 0 spiro atoms. The summed E-state index contributed by atoms with van der Waals surface area (Å²) in [6.45, 7) is 0.158. The minimum Gasteiger partial charge on any atom is -0.344 e. The van der Waals surface area contributed by atoms with E-state index in [1.807, 2.05) is 0 Å². The molecule has 9 rings (SSSR count). The number of amidine groups is 1. The van der Waals surface area contributed by atoms with E-state index in [9.17, 15) is 43.9 Å². The van der Waals surface area contributed by atoms with Gasteiger partial charge in [0.1, 0.15) is 46.9 Å². The van der Waals surface area contributed by atoms with Gasteiger partial charge in [0, 0.05) is 36.6 Å². The van der Waals surface area contributed by atoms with Crippen molar-refractivity contribution >= 4 is 61.5 Å². The van der Waals surface area contributed by atoms with Crippen molar-refractivity contribution in [2.45, 2.75) is 63.3 Å². The summed E-state index contributed by atoms with van der Waals surface area (Å²) >= 11 is 6.64. The van der Waals surface area contributed by atoms with E-state index in [0.717, 1.165) is 24.5 Å². The maximum Gasteiger partial charge on any atom is 0.433 e. The maximum absolute atomic E-state index is 15.5. The monoisotopic (exact) mass is 950 g/mol. The first-order valence-electron chi connectivity index (χ1n) is 19.5. The normalized spacial score (nSPS) is 18.1. The molecule has 3 aliphatic rings. The van der Waals surface area contributed by atoms with Gasteiger partial charge in [-0.05, 0) is 66.8 Å². The highest BCUT2D eigenvalue weighted by Gasteiger charge is 2.67. The van der Waals surface area contributed by atoms with Crippen LogP contribution in [0.4, 0.5) is 56.7 Å². The second-order valence-electron chi connectivity index (χ2n) is 16.0. The van der Waals surface area contributed by atoms with Crippen LogP contribution in [0.1, 0.15) is 58.4 Å². The molecule has 3 aromatic carbocycles. The lowest BCUT2D eigenvalue weighted by molar-refractivity contribution is -0.141. The molecule has 340 valence electrons. The summed E-state index contributed by atoms with van der Waals surface area (Å²) in [7, 11) is -2.42. The van der Waals surface area contributed by atoms with Crippen LogP contribution in [0.3, 0.4) is 0 Å². The number of carbonyl (C=O) groups is 1. The first kappa shape index (κ1) is 44.0. The molecule has 2 aliphatic carbocycles. The van der Waals surface area contributed by atoms with Crippen molar-refractivity contribution in [1.82, 2.24) is 34.8 Å². The van der Waals surface area contributed by atoms with Crippen molar-refractivity contribution in [1.29, 1.82) is 0 Å². The Bertz CT molecular complexity index is 3100. The van der Waals surface area contributed by atoms with E-state index in [4.69, 9.17) is 16.6 Å². The Morgan fingerprint density at radius 2 is 1.74 bits per heavy atom. The Kier molecular flexibility index (Phi) is 10.5. The maximum atomic E-state index is 15.5. The van der Waals surface area contributed by atoms with E-state index in [0.29, 0.717) is 16.3 Å². The average Bonchev–Trinajstić information content (AvgIpc) is 3.74. The molecule has 0 unspecified atom stereocenters. The Morgan fingerprint density at radius 1 is 1.02 bits per heavy atom. The number of aromatic nitrogens is 6. The summed E-state index contributed by atoms with van der Waals surface area (Å²) in [5.41, 5.74) is -2.10. The zero-order valence-corrected chi connectivity index (χ0v) is 35.4. The van der Waals surface area contributed by atoms with Crippen LogP contribution < -0.4 is 14.9 Å². The number of hydrogen-bond acceptors (Lipinski definition) is 9. The molecule has 3 aromatic heterocycles. The lowest BCUT2D eigenvalue weighted by atomic mass is 9.99. The first-order valence-corrected chi connectivity index (χ1v) is 21.8. The van der Waals surface area contributed by atoms with Crippen molar-refractivity contribution in [2.75, 3.05) is 15.9 Å². The quantitative estimate of drug-likeness (QED) is 0.123. The summed E-state index contributed by atoms with van der Waals surface area (Å²) in [6, 6.07) is 9.32. The molecule has 13 nitrogen and oxygen atoms in total. The van der Waals surface area contributed by atoms with Gasteiger partial charge in [-0.1, -0.05) is 23.7 Å². The van der Waals surface area contributed by atoms with E-state index in [-0.39, 0.29) is 80.1 Å². The van der Waals surface area contributed by atoms with Gasteiger partial charge < -0.3 is 10.2 Å². The molecule has 1 amide bonds. The predicted octanol–water partition coefficient (Wildman–Crippen LogP) is 8.48. The molecule has 0 radical (unpaired) electrons. The minimum absolute atomic E-state index is 0.0243. The van der Waals surface area contributed by atoms with Gasteiger partial charge in [-0.15, -0.1) is 0 Å².